The zero-order valence-electron chi connectivity index (χ0n) is 14.1. The average Bonchev–Trinajstić information content (AvgIpc) is 3.31. The van der Waals surface area contributed by atoms with Gasteiger partial charge in [0.15, 0.2) is 0 Å². The van der Waals surface area contributed by atoms with E-state index < -0.39 is 12.0 Å². The number of carboxylic acid groups (broad SMARTS) is 1. The number of fused-ring (bicyclic) bond motifs is 1. The van der Waals surface area contributed by atoms with Gasteiger partial charge in [-0.1, -0.05) is 11.6 Å². The minimum Gasteiger partial charge on any atom is -0.480 e. The van der Waals surface area contributed by atoms with Gasteiger partial charge in [-0.2, -0.15) is 0 Å². The zero-order valence-corrected chi connectivity index (χ0v) is 14.9. The maximum absolute atomic E-state index is 13.0. The van der Waals surface area contributed by atoms with E-state index >= 15 is 0 Å². The molecule has 4 rings (SSSR count). The van der Waals surface area contributed by atoms with Crippen LogP contribution in [0.3, 0.4) is 0 Å². The van der Waals surface area contributed by atoms with Crippen LogP contribution in [-0.2, 0) is 17.8 Å². The van der Waals surface area contributed by atoms with Crippen LogP contribution in [0.1, 0.15) is 34.6 Å². The SMILES string of the molecule is O=C(O)C1Cc2nc[nH]c2CN1C(=O)c1ccc(N2CCCC2)c(Cl)c1. The monoisotopic (exact) mass is 374 g/mol. The molecule has 1 unspecified atom stereocenters. The quantitative estimate of drug-likeness (QED) is 0.860. The molecule has 2 aliphatic heterocycles. The number of anilines is 1. The average molecular weight is 375 g/mol. The Hall–Kier alpha value is -2.54. The van der Waals surface area contributed by atoms with Crippen molar-refractivity contribution in [3.63, 3.8) is 0 Å². The standard InChI is InChI=1S/C18H19ClN4O3/c19-12-7-11(3-4-15(12)22-5-1-2-6-22)17(24)23-9-14-13(20-10-21-14)8-16(23)18(25)26/h3-4,7,10,16H,1-2,5-6,8-9H2,(H,20,21)(H,25,26). The fraction of sp³-hybridized carbons (Fsp3) is 0.389. The lowest BCUT2D eigenvalue weighted by Gasteiger charge is -2.32. The molecule has 136 valence electrons. The summed E-state index contributed by atoms with van der Waals surface area (Å²) in [7, 11) is 0. The molecule has 2 aliphatic rings. The number of imidazole rings is 1. The maximum Gasteiger partial charge on any atom is 0.326 e. The molecule has 7 nitrogen and oxygen atoms in total. The van der Waals surface area contributed by atoms with Gasteiger partial charge in [-0.25, -0.2) is 9.78 Å². The highest BCUT2D eigenvalue weighted by molar-refractivity contribution is 6.33. The molecule has 8 heteroatoms. The highest BCUT2D eigenvalue weighted by atomic mass is 35.5. The summed E-state index contributed by atoms with van der Waals surface area (Å²) in [4.78, 5) is 35.3. The molecule has 26 heavy (non-hydrogen) atoms. The number of aliphatic carboxylic acids is 1. The number of hydrogen-bond acceptors (Lipinski definition) is 4. The molecular formula is C18H19ClN4O3. The molecular weight excluding hydrogens is 356 g/mol. The summed E-state index contributed by atoms with van der Waals surface area (Å²) in [6.45, 7) is 2.11. The second-order valence-corrected chi connectivity index (χ2v) is 7.09. The lowest BCUT2D eigenvalue weighted by Crippen LogP contribution is -2.48. The van der Waals surface area contributed by atoms with Crippen molar-refractivity contribution in [2.75, 3.05) is 18.0 Å². The molecule has 1 fully saturated rings. The van der Waals surface area contributed by atoms with Gasteiger partial charge in [-0.05, 0) is 31.0 Å². The summed E-state index contributed by atoms with van der Waals surface area (Å²) in [6.07, 6.45) is 3.99. The van der Waals surface area contributed by atoms with Gasteiger partial charge in [0.1, 0.15) is 6.04 Å². The number of carbonyl (C=O) groups is 2. The molecule has 3 heterocycles. The number of aromatic nitrogens is 2. The molecule has 0 bridgehead atoms. The van der Waals surface area contributed by atoms with Gasteiger partial charge in [-0.15, -0.1) is 0 Å². The van der Waals surface area contributed by atoms with E-state index in [4.69, 9.17) is 11.6 Å². The number of rotatable bonds is 3. The van der Waals surface area contributed by atoms with Gasteiger partial charge in [0.05, 0.1) is 35.0 Å². The molecule has 1 aromatic carbocycles. The van der Waals surface area contributed by atoms with Crippen LogP contribution in [0.4, 0.5) is 5.69 Å². The fourth-order valence-electron chi connectivity index (χ4n) is 3.69. The van der Waals surface area contributed by atoms with E-state index in [2.05, 4.69) is 14.9 Å². The van der Waals surface area contributed by atoms with Crippen molar-refractivity contribution in [2.45, 2.75) is 31.8 Å². The third kappa shape index (κ3) is 2.92. The van der Waals surface area contributed by atoms with Crippen molar-refractivity contribution in [3.8, 4) is 0 Å². The highest BCUT2D eigenvalue weighted by Crippen LogP contribution is 2.31. The predicted octanol–water partition coefficient (Wildman–Crippen LogP) is 2.31. The summed E-state index contributed by atoms with van der Waals surface area (Å²) in [5, 5.41) is 10.1. The zero-order chi connectivity index (χ0) is 18.3. The van der Waals surface area contributed by atoms with Gasteiger partial charge in [-0.3, -0.25) is 4.79 Å². The highest BCUT2D eigenvalue weighted by Gasteiger charge is 2.36. The normalized spacial score (nSPS) is 19.5. The number of amides is 1. The van der Waals surface area contributed by atoms with Crippen LogP contribution in [0.5, 0.6) is 0 Å². The summed E-state index contributed by atoms with van der Waals surface area (Å²) in [5.41, 5.74) is 2.79. The topological polar surface area (TPSA) is 89.5 Å². The summed E-state index contributed by atoms with van der Waals surface area (Å²) in [5.74, 6) is -1.38. The van der Waals surface area contributed by atoms with Gasteiger partial charge in [0.25, 0.3) is 5.91 Å². The molecule has 2 aromatic rings. The van der Waals surface area contributed by atoms with E-state index in [9.17, 15) is 14.7 Å². The molecule has 0 spiro atoms. The van der Waals surface area contributed by atoms with E-state index in [1.807, 2.05) is 6.07 Å². The Balaban J connectivity index is 1.62. The van der Waals surface area contributed by atoms with E-state index in [-0.39, 0.29) is 18.9 Å². The minimum atomic E-state index is -1.04. The number of carboxylic acids is 1. The van der Waals surface area contributed by atoms with E-state index in [1.165, 1.54) is 11.2 Å². The molecule has 1 amide bonds. The van der Waals surface area contributed by atoms with Crippen molar-refractivity contribution in [3.05, 3.63) is 46.5 Å². The first-order chi connectivity index (χ1) is 12.5. The number of carbonyl (C=O) groups excluding carboxylic acids is 1. The van der Waals surface area contributed by atoms with Crippen LogP contribution in [0, 0.1) is 0 Å². The van der Waals surface area contributed by atoms with Crippen molar-refractivity contribution in [1.29, 1.82) is 0 Å². The van der Waals surface area contributed by atoms with Gasteiger partial charge < -0.3 is 19.9 Å². The van der Waals surface area contributed by atoms with Crippen molar-refractivity contribution in [1.82, 2.24) is 14.9 Å². The molecule has 1 saturated heterocycles. The van der Waals surface area contributed by atoms with Crippen LogP contribution in [0.25, 0.3) is 0 Å². The Labute approximate surface area is 155 Å². The van der Waals surface area contributed by atoms with Crippen molar-refractivity contribution >= 4 is 29.2 Å². The molecule has 1 aromatic heterocycles. The third-order valence-corrected chi connectivity index (χ3v) is 5.39. The van der Waals surface area contributed by atoms with E-state index in [1.54, 1.807) is 12.1 Å². The van der Waals surface area contributed by atoms with E-state index in [0.29, 0.717) is 16.3 Å². The summed E-state index contributed by atoms with van der Waals surface area (Å²) < 4.78 is 0. The molecule has 0 aliphatic carbocycles. The second-order valence-electron chi connectivity index (χ2n) is 6.68. The van der Waals surface area contributed by atoms with Crippen LogP contribution < -0.4 is 4.90 Å². The van der Waals surface area contributed by atoms with Gasteiger partial charge in [0, 0.05) is 25.1 Å². The first-order valence-electron chi connectivity index (χ1n) is 8.64. The lowest BCUT2D eigenvalue weighted by atomic mass is 10.0. The number of aromatic amines is 1. The maximum atomic E-state index is 13.0. The predicted molar refractivity (Wildman–Crippen MR) is 96.5 cm³/mol. The number of nitrogens with zero attached hydrogens (tertiary/aromatic N) is 3. The van der Waals surface area contributed by atoms with Crippen molar-refractivity contribution in [2.24, 2.45) is 0 Å². The molecule has 2 N–H and O–H groups in total. The van der Waals surface area contributed by atoms with E-state index in [0.717, 1.165) is 37.3 Å². The van der Waals surface area contributed by atoms with Gasteiger partial charge in [0.2, 0.25) is 0 Å². The number of halogens is 1. The number of nitrogens with one attached hydrogen (secondary N) is 1. The Bertz CT molecular complexity index is 860. The Morgan fingerprint density at radius 1 is 1.27 bits per heavy atom. The lowest BCUT2D eigenvalue weighted by molar-refractivity contribution is -0.142. The first-order valence-corrected chi connectivity index (χ1v) is 9.02. The number of hydrogen-bond donors (Lipinski definition) is 2. The molecule has 0 radical (unpaired) electrons. The molecule has 0 saturated carbocycles. The Morgan fingerprint density at radius 2 is 2.04 bits per heavy atom. The Kier molecular flexibility index (Phi) is 4.32. The van der Waals surface area contributed by atoms with Gasteiger partial charge >= 0.3 is 5.97 Å². The Morgan fingerprint density at radius 3 is 2.73 bits per heavy atom. The van der Waals surface area contributed by atoms with Crippen LogP contribution in [0.15, 0.2) is 24.5 Å². The number of benzene rings is 1. The third-order valence-electron chi connectivity index (χ3n) is 5.09. The number of H-pyrrole nitrogens is 1. The first kappa shape index (κ1) is 16.9. The second kappa shape index (κ2) is 6.64. The largest absolute Gasteiger partial charge is 0.480 e. The fourth-order valence-corrected chi connectivity index (χ4v) is 3.99. The van der Waals surface area contributed by atoms with Crippen LogP contribution >= 0.6 is 11.6 Å². The van der Waals surface area contributed by atoms with Crippen LogP contribution in [0.2, 0.25) is 5.02 Å². The van der Waals surface area contributed by atoms with Crippen LogP contribution in [-0.4, -0.2) is 51.0 Å². The smallest absolute Gasteiger partial charge is 0.326 e. The minimum absolute atomic E-state index is 0.191. The summed E-state index contributed by atoms with van der Waals surface area (Å²) in [6, 6.07) is 4.28. The molecule has 1 atom stereocenters. The summed E-state index contributed by atoms with van der Waals surface area (Å²) >= 11 is 6.41. The van der Waals surface area contributed by atoms with Crippen molar-refractivity contribution < 1.29 is 14.7 Å².